The van der Waals surface area contributed by atoms with Gasteiger partial charge >= 0.3 is 0 Å². The van der Waals surface area contributed by atoms with E-state index in [1.54, 1.807) is 0 Å². The van der Waals surface area contributed by atoms with Crippen molar-refractivity contribution in [1.82, 2.24) is 4.90 Å². The van der Waals surface area contributed by atoms with Crippen LogP contribution in [-0.2, 0) is 0 Å². The van der Waals surface area contributed by atoms with Gasteiger partial charge in [-0.05, 0) is 39.3 Å². The Morgan fingerprint density at radius 2 is 1.81 bits per heavy atom. The summed E-state index contributed by atoms with van der Waals surface area (Å²) in [5.74, 6) is 0.789. The fourth-order valence-electron chi connectivity index (χ4n) is 2.58. The maximum atomic E-state index is 9.92. The van der Waals surface area contributed by atoms with Crippen LogP contribution in [0.3, 0.4) is 0 Å². The van der Waals surface area contributed by atoms with Crippen LogP contribution in [0.4, 0.5) is 0 Å². The highest BCUT2D eigenvalue weighted by molar-refractivity contribution is 6.17. The number of hydrogen-bond acceptors (Lipinski definition) is 2. The number of aliphatic hydroxyl groups is 1. The molecule has 1 N–H and O–H groups in total. The van der Waals surface area contributed by atoms with Crippen LogP contribution < -0.4 is 0 Å². The van der Waals surface area contributed by atoms with Crippen LogP contribution in [0.1, 0.15) is 51.4 Å². The molecule has 0 spiro atoms. The lowest BCUT2D eigenvalue weighted by atomic mass is 9.91. The summed E-state index contributed by atoms with van der Waals surface area (Å²) in [4.78, 5) is 2.35. The summed E-state index contributed by atoms with van der Waals surface area (Å²) >= 11 is 5.64. The van der Waals surface area contributed by atoms with Crippen molar-refractivity contribution in [3.8, 4) is 0 Å². The van der Waals surface area contributed by atoms with Gasteiger partial charge in [-0.2, -0.15) is 0 Å². The number of likely N-dealkylation sites (N-methyl/N-ethyl adjacent to an activating group) is 1. The molecule has 0 aromatic carbocycles. The molecule has 0 amide bonds. The van der Waals surface area contributed by atoms with Crippen molar-refractivity contribution in [3.05, 3.63) is 0 Å². The molecule has 2 atom stereocenters. The molecule has 1 fully saturated rings. The SMILES string of the molecule is CN(CCCCCCCl)C1CCCCC1O. The quantitative estimate of drug-likeness (QED) is 0.552. The van der Waals surface area contributed by atoms with Crippen molar-refractivity contribution in [2.75, 3.05) is 19.5 Å². The predicted molar refractivity (Wildman–Crippen MR) is 70.1 cm³/mol. The monoisotopic (exact) mass is 247 g/mol. The number of halogens is 1. The highest BCUT2D eigenvalue weighted by atomic mass is 35.5. The molecule has 16 heavy (non-hydrogen) atoms. The molecular formula is C13H26ClNO. The topological polar surface area (TPSA) is 23.5 Å². The standard InChI is InChI=1S/C13H26ClNO/c1-15(11-7-3-2-6-10-14)12-8-4-5-9-13(12)16/h12-13,16H,2-11H2,1H3. The second-order valence-electron chi connectivity index (χ2n) is 5.00. The van der Waals surface area contributed by atoms with E-state index in [0.29, 0.717) is 6.04 Å². The Hall–Kier alpha value is 0.210. The highest BCUT2D eigenvalue weighted by Crippen LogP contribution is 2.22. The van der Waals surface area contributed by atoms with Gasteiger partial charge < -0.3 is 10.0 Å². The van der Waals surface area contributed by atoms with Crippen molar-refractivity contribution >= 4 is 11.6 Å². The Morgan fingerprint density at radius 3 is 2.50 bits per heavy atom. The van der Waals surface area contributed by atoms with Gasteiger partial charge in [0.25, 0.3) is 0 Å². The van der Waals surface area contributed by atoms with Crippen LogP contribution in [-0.4, -0.2) is 41.6 Å². The van der Waals surface area contributed by atoms with Gasteiger partial charge in [0.2, 0.25) is 0 Å². The van der Waals surface area contributed by atoms with Crippen LogP contribution in [0.15, 0.2) is 0 Å². The van der Waals surface area contributed by atoms with Crippen molar-refractivity contribution < 1.29 is 5.11 Å². The fraction of sp³-hybridized carbons (Fsp3) is 1.00. The van der Waals surface area contributed by atoms with Gasteiger partial charge in [-0.25, -0.2) is 0 Å². The van der Waals surface area contributed by atoms with Crippen LogP contribution in [0.5, 0.6) is 0 Å². The van der Waals surface area contributed by atoms with Gasteiger partial charge in [0.05, 0.1) is 6.10 Å². The lowest BCUT2D eigenvalue weighted by Gasteiger charge is -2.35. The molecular weight excluding hydrogens is 222 g/mol. The molecule has 1 aliphatic carbocycles. The van der Waals surface area contributed by atoms with Gasteiger partial charge in [-0.1, -0.05) is 25.7 Å². The van der Waals surface area contributed by atoms with E-state index < -0.39 is 0 Å². The third kappa shape index (κ3) is 5.03. The molecule has 0 aromatic rings. The third-order valence-electron chi connectivity index (χ3n) is 3.65. The van der Waals surface area contributed by atoms with Gasteiger partial charge in [-0.15, -0.1) is 11.6 Å². The van der Waals surface area contributed by atoms with E-state index in [1.807, 2.05) is 0 Å². The molecule has 0 heterocycles. The van der Waals surface area contributed by atoms with Gasteiger partial charge in [0, 0.05) is 11.9 Å². The van der Waals surface area contributed by atoms with Crippen LogP contribution in [0, 0.1) is 0 Å². The summed E-state index contributed by atoms with van der Waals surface area (Å²) in [6.07, 6.45) is 9.40. The Balaban J connectivity index is 2.10. The fourth-order valence-corrected chi connectivity index (χ4v) is 2.77. The number of unbranched alkanes of at least 4 members (excludes halogenated alkanes) is 3. The largest absolute Gasteiger partial charge is 0.391 e. The molecule has 1 rings (SSSR count). The Morgan fingerprint density at radius 1 is 1.12 bits per heavy atom. The minimum atomic E-state index is -0.0957. The third-order valence-corrected chi connectivity index (χ3v) is 3.92. The van der Waals surface area contributed by atoms with Crippen LogP contribution in [0.2, 0.25) is 0 Å². The second kappa shape index (κ2) is 8.32. The van der Waals surface area contributed by atoms with E-state index in [2.05, 4.69) is 11.9 Å². The summed E-state index contributed by atoms with van der Waals surface area (Å²) in [6, 6.07) is 0.404. The maximum Gasteiger partial charge on any atom is 0.0695 e. The number of hydrogen-bond donors (Lipinski definition) is 1. The predicted octanol–water partition coefficient (Wildman–Crippen LogP) is 3.02. The first-order chi connectivity index (χ1) is 7.75. The lowest BCUT2D eigenvalue weighted by Crippen LogP contribution is -2.43. The highest BCUT2D eigenvalue weighted by Gasteiger charge is 2.25. The van der Waals surface area contributed by atoms with Crippen molar-refractivity contribution in [3.63, 3.8) is 0 Å². The average molecular weight is 248 g/mol. The summed E-state index contributed by atoms with van der Waals surface area (Å²) < 4.78 is 0. The zero-order valence-corrected chi connectivity index (χ0v) is 11.3. The first-order valence-corrected chi connectivity index (χ1v) is 7.23. The van der Waals surface area contributed by atoms with E-state index in [0.717, 1.165) is 25.3 Å². The summed E-state index contributed by atoms with van der Waals surface area (Å²) in [5, 5.41) is 9.92. The maximum absolute atomic E-state index is 9.92. The molecule has 2 unspecified atom stereocenters. The Bertz CT molecular complexity index is 177. The number of alkyl halides is 1. The lowest BCUT2D eigenvalue weighted by molar-refractivity contribution is 0.0316. The molecule has 0 aromatic heterocycles. The van der Waals surface area contributed by atoms with Gasteiger partial charge in [-0.3, -0.25) is 0 Å². The van der Waals surface area contributed by atoms with Gasteiger partial charge in [0.1, 0.15) is 0 Å². The number of rotatable bonds is 7. The first kappa shape index (κ1) is 14.3. The normalized spacial score (nSPS) is 26.2. The molecule has 0 bridgehead atoms. The van der Waals surface area contributed by atoms with E-state index in [4.69, 9.17) is 11.6 Å². The molecule has 0 saturated heterocycles. The summed E-state index contributed by atoms with van der Waals surface area (Å²) in [5.41, 5.74) is 0. The van der Waals surface area contributed by atoms with Crippen LogP contribution >= 0.6 is 11.6 Å². The zero-order chi connectivity index (χ0) is 11.8. The summed E-state index contributed by atoms with van der Waals surface area (Å²) in [6.45, 7) is 1.12. The van der Waals surface area contributed by atoms with Crippen molar-refractivity contribution in [1.29, 1.82) is 0 Å². The van der Waals surface area contributed by atoms with E-state index in [1.165, 1.54) is 38.5 Å². The molecule has 2 nitrogen and oxygen atoms in total. The summed E-state index contributed by atoms with van der Waals surface area (Å²) in [7, 11) is 2.15. The first-order valence-electron chi connectivity index (χ1n) is 6.70. The molecule has 0 aliphatic heterocycles. The van der Waals surface area contributed by atoms with Crippen LogP contribution in [0.25, 0.3) is 0 Å². The van der Waals surface area contributed by atoms with Crippen molar-refractivity contribution in [2.45, 2.75) is 63.5 Å². The minimum Gasteiger partial charge on any atom is -0.391 e. The molecule has 1 aliphatic rings. The van der Waals surface area contributed by atoms with E-state index in [9.17, 15) is 5.11 Å². The Kier molecular flexibility index (Phi) is 7.42. The van der Waals surface area contributed by atoms with Crippen molar-refractivity contribution in [2.24, 2.45) is 0 Å². The minimum absolute atomic E-state index is 0.0957. The smallest absolute Gasteiger partial charge is 0.0695 e. The van der Waals surface area contributed by atoms with E-state index >= 15 is 0 Å². The molecule has 96 valence electrons. The zero-order valence-electron chi connectivity index (χ0n) is 10.5. The molecule has 1 saturated carbocycles. The average Bonchev–Trinajstić information content (AvgIpc) is 2.29. The molecule has 0 radical (unpaired) electrons. The van der Waals surface area contributed by atoms with E-state index in [-0.39, 0.29) is 6.10 Å². The van der Waals surface area contributed by atoms with Gasteiger partial charge in [0.15, 0.2) is 0 Å². The molecule has 3 heteroatoms. The second-order valence-corrected chi connectivity index (χ2v) is 5.38. The number of aliphatic hydroxyl groups excluding tert-OH is 1. The number of nitrogens with zero attached hydrogens (tertiary/aromatic N) is 1. The Labute approximate surface area is 105 Å².